The lowest BCUT2D eigenvalue weighted by Crippen LogP contribution is -2.50. The Morgan fingerprint density at radius 3 is 2.76 bits per heavy atom. The summed E-state index contributed by atoms with van der Waals surface area (Å²) in [5, 5.41) is 10.3. The van der Waals surface area contributed by atoms with E-state index in [2.05, 4.69) is 13.8 Å². The largest absolute Gasteiger partial charge is 0.388 e. The van der Waals surface area contributed by atoms with Gasteiger partial charge in [0, 0.05) is 13.2 Å². The van der Waals surface area contributed by atoms with Gasteiger partial charge in [-0.25, -0.2) is 0 Å². The van der Waals surface area contributed by atoms with Crippen LogP contribution in [0, 0.1) is 5.92 Å². The van der Waals surface area contributed by atoms with E-state index < -0.39 is 6.10 Å². The summed E-state index contributed by atoms with van der Waals surface area (Å²) in [7, 11) is 0. The zero-order valence-electron chi connectivity index (χ0n) is 11.6. The molecule has 0 aromatic carbocycles. The van der Waals surface area contributed by atoms with Crippen molar-refractivity contribution in [1.82, 2.24) is 0 Å². The Kier molecular flexibility index (Phi) is 6.45. The summed E-state index contributed by atoms with van der Waals surface area (Å²) in [4.78, 5) is 0. The highest BCUT2D eigenvalue weighted by Crippen LogP contribution is 2.37. The molecule has 1 fully saturated rings. The number of aliphatic hydroxyl groups is 1. The monoisotopic (exact) mass is 244 g/mol. The van der Waals surface area contributed by atoms with Crippen molar-refractivity contribution >= 4 is 0 Å². The lowest BCUT2D eigenvalue weighted by molar-refractivity contribution is -0.164. The van der Waals surface area contributed by atoms with Crippen LogP contribution >= 0.6 is 0 Å². The molecule has 3 nitrogen and oxygen atoms in total. The Morgan fingerprint density at radius 1 is 1.41 bits per heavy atom. The topological polar surface area (TPSA) is 38.7 Å². The van der Waals surface area contributed by atoms with E-state index in [9.17, 15) is 5.11 Å². The molecule has 0 amide bonds. The lowest BCUT2D eigenvalue weighted by atomic mass is 9.75. The molecule has 0 saturated heterocycles. The van der Waals surface area contributed by atoms with E-state index in [1.165, 1.54) is 6.42 Å². The summed E-state index contributed by atoms with van der Waals surface area (Å²) in [6.07, 6.45) is 4.81. The Labute approximate surface area is 105 Å². The fourth-order valence-electron chi connectivity index (χ4n) is 2.85. The molecule has 3 atom stereocenters. The minimum absolute atomic E-state index is 0.361. The highest BCUT2D eigenvalue weighted by Gasteiger charge is 2.42. The van der Waals surface area contributed by atoms with E-state index in [4.69, 9.17) is 9.47 Å². The van der Waals surface area contributed by atoms with E-state index in [0.29, 0.717) is 19.1 Å². The average Bonchev–Trinajstić information content (AvgIpc) is 2.29. The summed E-state index contributed by atoms with van der Waals surface area (Å²) >= 11 is 0. The number of hydrogen-bond acceptors (Lipinski definition) is 3. The van der Waals surface area contributed by atoms with Gasteiger partial charge in [0.1, 0.15) is 6.10 Å². The van der Waals surface area contributed by atoms with E-state index in [-0.39, 0.29) is 5.60 Å². The van der Waals surface area contributed by atoms with Crippen molar-refractivity contribution in [2.45, 2.75) is 64.6 Å². The molecule has 1 N–H and O–H groups in total. The molecule has 1 aliphatic carbocycles. The predicted octanol–water partition coefficient (Wildman–Crippen LogP) is 2.76. The van der Waals surface area contributed by atoms with Gasteiger partial charge in [0.05, 0.1) is 12.2 Å². The molecule has 0 aromatic heterocycles. The second-order valence-corrected chi connectivity index (χ2v) is 5.29. The van der Waals surface area contributed by atoms with Crippen molar-refractivity contribution in [3.8, 4) is 0 Å². The first-order chi connectivity index (χ1) is 8.14. The maximum Gasteiger partial charge on any atom is 0.106 e. The fourth-order valence-corrected chi connectivity index (χ4v) is 2.85. The molecule has 1 saturated carbocycles. The van der Waals surface area contributed by atoms with Crippen LogP contribution < -0.4 is 0 Å². The minimum atomic E-state index is -0.489. The third kappa shape index (κ3) is 4.23. The summed E-state index contributed by atoms with van der Waals surface area (Å²) in [5.41, 5.74) is -0.361. The molecule has 0 spiro atoms. The molecule has 1 rings (SSSR count). The molecular formula is C14H28O3. The van der Waals surface area contributed by atoms with Crippen LogP contribution in [0.1, 0.15) is 52.9 Å². The van der Waals surface area contributed by atoms with Gasteiger partial charge in [-0.3, -0.25) is 0 Å². The number of ether oxygens (including phenoxy) is 2. The lowest BCUT2D eigenvalue weighted by Gasteiger charge is -2.43. The van der Waals surface area contributed by atoms with Crippen LogP contribution in [0.3, 0.4) is 0 Å². The number of rotatable bonds is 7. The Hall–Kier alpha value is -0.120. The predicted molar refractivity (Wildman–Crippen MR) is 69.1 cm³/mol. The summed E-state index contributed by atoms with van der Waals surface area (Å²) < 4.78 is 11.4. The number of aliphatic hydroxyl groups excluding tert-OH is 1. The van der Waals surface area contributed by atoms with E-state index in [1.54, 1.807) is 0 Å². The molecule has 0 heterocycles. The molecule has 17 heavy (non-hydrogen) atoms. The minimum Gasteiger partial charge on any atom is -0.388 e. The molecule has 102 valence electrons. The van der Waals surface area contributed by atoms with Gasteiger partial charge in [0.2, 0.25) is 0 Å². The zero-order valence-corrected chi connectivity index (χ0v) is 11.6. The second kappa shape index (κ2) is 7.34. The summed E-state index contributed by atoms with van der Waals surface area (Å²) in [6.45, 7) is 8.10. The van der Waals surface area contributed by atoms with Crippen LogP contribution in [0.4, 0.5) is 0 Å². The van der Waals surface area contributed by atoms with Crippen molar-refractivity contribution in [2.75, 3.05) is 19.8 Å². The molecule has 0 aliphatic heterocycles. The van der Waals surface area contributed by atoms with Gasteiger partial charge in [-0.05, 0) is 32.1 Å². The van der Waals surface area contributed by atoms with Gasteiger partial charge in [0.25, 0.3) is 0 Å². The van der Waals surface area contributed by atoms with Crippen molar-refractivity contribution in [3.05, 3.63) is 0 Å². The van der Waals surface area contributed by atoms with Crippen LogP contribution in [-0.2, 0) is 9.47 Å². The van der Waals surface area contributed by atoms with E-state index in [0.717, 1.165) is 32.3 Å². The van der Waals surface area contributed by atoms with Gasteiger partial charge in [-0.2, -0.15) is 0 Å². The third-order valence-corrected chi connectivity index (χ3v) is 3.65. The Morgan fingerprint density at radius 2 is 2.18 bits per heavy atom. The Bertz CT molecular complexity index is 204. The van der Waals surface area contributed by atoms with Crippen molar-refractivity contribution in [3.63, 3.8) is 0 Å². The SMILES string of the molecule is CCCOCC(O)C1(OCC)CCCC(C)C1. The van der Waals surface area contributed by atoms with Crippen LogP contribution in [0.25, 0.3) is 0 Å². The first kappa shape index (κ1) is 14.9. The molecule has 3 heteroatoms. The van der Waals surface area contributed by atoms with Gasteiger partial charge in [-0.15, -0.1) is 0 Å². The number of hydrogen-bond donors (Lipinski definition) is 1. The smallest absolute Gasteiger partial charge is 0.106 e. The highest BCUT2D eigenvalue weighted by atomic mass is 16.5. The molecular weight excluding hydrogens is 216 g/mol. The van der Waals surface area contributed by atoms with Gasteiger partial charge in [0.15, 0.2) is 0 Å². The third-order valence-electron chi connectivity index (χ3n) is 3.65. The standard InChI is InChI=1S/C14H28O3/c1-4-9-16-11-13(15)14(17-5-2)8-6-7-12(3)10-14/h12-13,15H,4-11H2,1-3H3. The molecule has 0 radical (unpaired) electrons. The quantitative estimate of drug-likeness (QED) is 0.700. The van der Waals surface area contributed by atoms with Crippen LogP contribution in [0.2, 0.25) is 0 Å². The Balaban J connectivity index is 2.55. The maximum absolute atomic E-state index is 10.3. The zero-order chi connectivity index (χ0) is 12.7. The molecule has 0 aromatic rings. The normalized spacial score (nSPS) is 31.4. The van der Waals surface area contributed by atoms with E-state index >= 15 is 0 Å². The molecule has 1 aliphatic rings. The van der Waals surface area contributed by atoms with Crippen molar-refractivity contribution in [2.24, 2.45) is 5.92 Å². The first-order valence-electron chi connectivity index (χ1n) is 7.04. The van der Waals surface area contributed by atoms with Crippen molar-refractivity contribution in [1.29, 1.82) is 0 Å². The summed E-state index contributed by atoms with van der Waals surface area (Å²) in [5.74, 6) is 0.635. The summed E-state index contributed by atoms with van der Waals surface area (Å²) in [6, 6.07) is 0. The van der Waals surface area contributed by atoms with Crippen molar-refractivity contribution < 1.29 is 14.6 Å². The van der Waals surface area contributed by atoms with E-state index in [1.807, 2.05) is 6.92 Å². The van der Waals surface area contributed by atoms with Gasteiger partial charge < -0.3 is 14.6 Å². The fraction of sp³-hybridized carbons (Fsp3) is 1.00. The first-order valence-corrected chi connectivity index (χ1v) is 7.04. The average molecular weight is 244 g/mol. The maximum atomic E-state index is 10.3. The van der Waals surface area contributed by atoms with Crippen LogP contribution in [0.15, 0.2) is 0 Å². The second-order valence-electron chi connectivity index (χ2n) is 5.29. The van der Waals surface area contributed by atoms with Crippen LogP contribution in [-0.4, -0.2) is 36.6 Å². The molecule has 0 bridgehead atoms. The highest BCUT2D eigenvalue weighted by molar-refractivity contribution is 4.93. The molecule has 3 unspecified atom stereocenters. The van der Waals surface area contributed by atoms with Crippen LogP contribution in [0.5, 0.6) is 0 Å². The van der Waals surface area contributed by atoms with Gasteiger partial charge in [-0.1, -0.05) is 26.7 Å². The van der Waals surface area contributed by atoms with Gasteiger partial charge >= 0.3 is 0 Å².